The molecule has 2 aromatic carbocycles. The fraction of sp³-hybridized carbons (Fsp3) is 0.533. The van der Waals surface area contributed by atoms with Crippen molar-refractivity contribution in [1.29, 1.82) is 0 Å². The molecule has 0 radical (unpaired) electrons. The van der Waals surface area contributed by atoms with Gasteiger partial charge in [0.2, 0.25) is 33.8 Å². The molecule has 0 bridgehead atoms. The highest BCUT2D eigenvalue weighted by molar-refractivity contribution is 7.89. The molecule has 3 aromatic rings. The Labute approximate surface area is 248 Å². The van der Waals surface area contributed by atoms with Crippen molar-refractivity contribution in [2.45, 2.75) is 57.4 Å². The minimum atomic E-state index is -3.59. The molecule has 0 atom stereocenters. The van der Waals surface area contributed by atoms with E-state index in [0.717, 1.165) is 43.0 Å². The van der Waals surface area contributed by atoms with Crippen molar-refractivity contribution in [3.63, 3.8) is 0 Å². The highest BCUT2D eigenvalue weighted by atomic mass is 32.2. The second-order valence-electron chi connectivity index (χ2n) is 11.7. The minimum absolute atomic E-state index is 0.0896. The molecule has 42 heavy (non-hydrogen) atoms. The zero-order chi connectivity index (χ0) is 29.7. The average molecular weight is 595 g/mol. The highest BCUT2D eigenvalue weighted by Crippen LogP contribution is 2.30. The number of sulfonamides is 1. The summed E-state index contributed by atoms with van der Waals surface area (Å²) in [6.45, 7) is 9.54. The number of benzene rings is 2. The van der Waals surface area contributed by atoms with Crippen molar-refractivity contribution in [2.75, 3.05) is 54.8 Å². The Hall–Kier alpha value is -3.51. The molecule has 1 saturated carbocycles. The number of carbonyl (C=O) groups is 1. The van der Waals surface area contributed by atoms with Crippen LogP contribution < -0.4 is 20.3 Å². The van der Waals surface area contributed by atoms with Gasteiger partial charge < -0.3 is 20.4 Å². The number of piperazine rings is 1. The molecule has 1 aromatic heterocycles. The zero-order valence-electron chi connectivity index (χ0n) is 24.7. The summed E-state index contributed by atoms with van der Waals surface area (Å²) in [6.07, 6.45) is 3.95. The van der Waals surface area contributed by atoms with E-state index < -0.39 is 10.0 Å². The Morgan fingerprint density at radius 1 is 0.881 bits per heavy atom. The van der Waals surface area contributed by atoms with Crippen LogP contribution >= 0.6 is 0 Å². The van der Waals surface area contributed by atoms with Crippen LogP contribution in [-0.2, 0) is 14.8 Å². The van der Waals surface area contributed by atoms with Crippen LogP contribution in [0.3, 0.4) is 0 Å². The molecule has 5 rings (SSSR count). The van der Waals surface area contributed by atoms with Crippen molar-refractivity contribution in [3.05, 3.63) is 42.5 Å². The van der Waals surface area contributed by atoms with Crippen LogP contribution in [0.2, 0.25) is 0 Å². The summed E-state index contributed by atoms with van der Waals surface area (Å²) < 4.78 is 29.1. The molecule has 3 N–H and O–H groups in total. The Kier molecular flexibility index (Phi) is 9.42. The second-order valence-corrected chi connectivity index (χ2v) is 13.4. The lowest BCUT2D eigenvalue weighted by atomic mass is 9.82. The van der Waals surface area contributed by atoms with Crippen LogP contribution in [0.4, 0.5) is 17.8 Å². The van der Waals surface area contributed by atoms with Crippen LogP contribution in [0.15, 0.2) is 47.4 Å². The number of rotatable bonds is 10. The number of anilines is 3. The van der Waals surface area contributed by atoms with Crippen LogP contribution in [0.5, 0.6) is 0 Å². The first-order valence-corrected chi connectivity index (χ1v) is 16.4. The summed E-state index contributed by atoms with van der Waals surface area (Å²) in [5.41, 5.74) is 0. The lowest BCUT2D eigenvalue weighted by molar-refractivity contribution is -0.129. The standard InChI is InChI=1S/C30H42N8O3S/c1-21(2)33-29-34-28(35-30(36-29)38-17-15-37(16-18-38)22(3)39)31-19-23-11-13-24(14-12-23)20-32-42(40,41)27-10-6-8-25-7-4-5-9-26(25)27/h4-10,21,23-24,32H,11-20H2,1-3H3,(H2,31,33,34,35,36). The van der Waals surface area contributed by atoms with Crippen LogP contribution in [-0.4, -0.2) is 79.5 Å². The second kappa shape index (κ2) is 13.2. The SMILES string of the molecule is CC(=O)N1CCN(c2nc(NCC3CCC(CNS(=O)(=O)c4cccc5ccccc45)CC3)nc(NC(C)C)n2)CC1. The number of carbonyl (C=O) groups excluding carboxylic acids is 1. The van der Waals surface area contributed by atoms with E-state index in [1.165, 1.54) is 0 Å². The molecule has 0 spiro atoms. The van der Waals surface area contributed by atoms with E-state index in [1.54, 1.807) is 19.1 Å². The van der Waals surface area contributed by atoms with E-state index in [-0.39, 0.29) is 11.9 Å². The maximum absolute atomic E-state index is 13.1. The molecule has 1 amide bonds. The molecule has 1 aliphatic heterocycles. The van der Waals surface area contributed by atoms with Crippen molar-refractivity contribution in [1.82, 2.24) is 24.6 Å². The molecule has 1 aliphatic carbocycles. The third-order valence-corrected chi connectivity index (χ3v) is 9.65. The molecule has 1 saturated heterocycles. The van der Waals surface area contributed by atoms with E-state index >= 15 is 0 Å². The zero-order valence-corrected chi connectivity index (χ0v) is 25.5. The topological polar surface area (TPSA) is 132 Å². The summed E-state index contributed by atoms with van der Waals surface area (Å²) in [5, 5.41) is 8.40. The summed E-state index contributed by atoms with van der Waals surface area (Å²) in [4.78, 5) is 30.0. The first-order chi connectivity index (χ1) is 20.2. The lowest BCUT2D eigenvalue weighted by Crippen LogP contribution is -2.48. The molecular formula is C30H42N8O3S. The fourth-order valence-electron chi connectivity index (χ4n) is 5.74. The van der Waals surface area contributed by atoms with Gasteiger partial charge in [-0.1, -0.05) is 36.4 Å². The summed E-state index contributed by atoms with van der Waals surface area (Å²) in [5.74, 6) is 2.55. The molecule has 11 nitrogen and oxygen atoms in total. The van der Waals surface area contributed by atoms with Gasteiger partial charge in [-0.25, -0.2) is 13.1 Å². The molecule has 226 valence electrons. The van der Waals surface area contributed by atoms with Gasteiger partial charge in [-0.2, -0.15) is 15.0 Å². The van der Waals surface area contributed by atoms with E-state index in [9.17, 15) is 13.2 Å². The minimum Gasteiger partial charge on any atom is -0.354 e. The Morgan fingerprint density at radius 2 is 1.52 bits per heavy atom. The largest absolute Gasteiger partial charge is 0.354 e. The Morgan fingerprint density at radius 3 is 2.21 bits per heavy atom. The van der Waals surface area contributed by atoms with E-state index in [2.05, 4.69) is 30.2 Å². The average Bonchev–Trinajstić information content (AvgIpc) is 2.99. The molecule has 2 heterocycles. The maximum Gasteiger partial charge on any atom is 0.241 e. The first-order valence-electron chi connectivity index (χ1n) is 14.9. The molecule has 2 fully saturated rings. The predicted octanol–water partition coefficient (Wildman–Crippen LogP) is 3.71. The van der Waals surface area contributed by atoms with Gasteiger partial charge in [0.1, 0.15) is 0 Å². The number of fused-ring (bicyclic) bond motifs is 1. The molecular weight excluding hydrogens is 552 g/mol. The van der Waals surface area contributed by atoms with Crippen LogP contribution in [0, 0.1) is 11.8 Å². The van der Waals surface area contributed by atoms with Crippen LogP contribution in [0.25, 0.3) is 10.8 Å². The van der Waals surface area contributed by atoms with Crippen molar-refractivity contribution in [3.8, 4) is 0 Å². The normalized spacial score (nSPS) is 19.7. The Bertz CT molecular complexity index is 1480. The Balaban J connectivity index is 1.14. The molecule has 12 heteroatoms. The van der Waals surface area contributed by atoms with Gasteiger partial charge in [0.15, 0.2) is 0 Å². The van der Waals surface area contributed by atoms with Crippen molar-refractivity contribution >= 4 is 44.5 Å². The van der Waals surface area contributed by atoms with Gasteiger partial charge in [-0.15, -0.1) is 0 Å². The quantitative estimate of drug-likeness (QED) is 0.321. The van der Waals surface area contributed by atoms with Gasteiger partial charge in [0.05, 0.1) is 4.90 Å². The highest BCUT2D eigenvalue weighted by Gasteiger charge is 2.25. The van der Waals surface area contributed by atoms with Gasteiger partial charge in [-0.3, -0.25) is 4.79 Å². The number of hydrogen-bond donors (Lipinski definition) is 3. The number of amides is 1. The number of nitrogens with zero attached hydrogens (tertiary/aromatic N) is 5. The smallest absolute Gasteiger partial charge is 0.241 e. The van der Waals surface area contributed by atoms with Crippen LogP contribution in [0.1, 0.15) is 46.5 Å². The van der Waals surface area contributed by atoms with E-state index in [1.807, 2.05) is 49.1 Å². The van der Waals surface area contributed by atoms with Crippen molar-refractivity contribution < 1.29 is 13.2 Å². The summed E-state index contributed by atoms with van der Waals surface area (Å²) in [6, 6.07) is 13.1. The molecule has 0 unspecified atom stereocenters. The number of aromatic nitrogens is 3. The van der Waals surface area contributed by atoms with Gasteiger partial charge in [0, 0.05) is 57.6 Å². The van der Waals surface area contributed by atoms with Crippen molar-refractivity contribution in [2.24, 2.45) is 11.8 Å². The number of nitrogens with one attached hydrogen (secondary N) is 3. The third-order valence-electron chi connectivity index (χ3n) is 8.17. The predicted molar refractivity (Wildman–Crippen MR) is 166 cm³/mol. The fourth-order valence-corrected chi connectivity index (χ4v) is 7.08. The molecule has 2 aliphatic rings. The summed E-state index contributed by atoms with van der Waals surface area (Å²) >= 11 is 0. The lowest BCUT2D eigenvalue weighted by Gasteiger charge is -2.34. The van der Waals surface area contributed by atoms with Gasteiger partial charge in [-0.05, 0) is 62.8 Å². The third kappa shape index (κ3) is 7.46. The summed E-state index contributed by atoms with van der Waals surface area (Å²) in [7, 11) is -3.59. The van der Waals surface area contributed by atoms with E-state index in [4.69, 9.17) is 4.98 Å². The maximum atomic E-state index is 13.1. The number of hydrogen-bond acceptors (Lipinski definition) is 9. The van der Waals surface area contributed by atoms with E-state index in [0.29, 0.717) is 67.3 Å². The van der Waals surface area contributed by atoms with Gasteiger partial charge in [0.25, 0.3) is 0 Å². The monoisotopic (exact) mass is 594 g/mol. The van der Waals surface area contributed by atoms with Gasteiger partial charge >= 0.3 is 0 Å². The first kappa shape index (κ1) is 30.0.